The molecule has 2 aromatic carbocycles. The zero-order valence-electron chi connectivity index (χ0n) is 12.6. The number of hydrazone groups is 1. The quantitative estimate of drug-likeness (QED) is 0.767. The number of fused-ring (bicyclic) bond motifs is 3. The summed E-state index contributed by atoms with van der Waals surface area (Å²) in [5, 5.41) is 7.64. The van der Waals surface area contributed by atoms with E-state index in [1.165, 1.54) is 0 Å². The van der Waals surface area contributed by atoms with Gasteiger partial charge in [0, 0.05) is 17.0 Å². The monoisotopic (exact) mass is 312 g/mol. The van der Waals surface area contributed by atoms with Gasteiger partial charge in [-0.2, -0.15) is 5.10 Å². The molecule has 0 amide bonds. The highest BCUT2D eigenvalue weighted by molar-refractivity contribution is 6.30. The minimum absolute atomic E-state index is 0.174. The Balaban J connectivity index is 1.79. The van der Waals surface area contributed by atoms with Gasteiger partial charge in [0.25, 0.3) is 0 Å². The minimum Gasteiger partial charge on any atom is -0.467 e. The van der Waals surface area contributed by atoms with Crippen molar-refractivity contribution in [3.8, 4) is 5.75 Å². The molecule has 2 aliphatic rings. The van der Waals surface area contributed by atoms with E-state index in [0.29, 0.717) is 0 Å². The maximum atomic E-state index is 6.18. The third-order valence-electron chi connectivity index (χ3n) is 4.26. The molecule has 2 heterocycles. The molecule has 0 aliphatic carbocycles. The number of ether oxygens (including phenoxy) is 1. The van der Waals surface area contributed by atoms with Gasteiger partial charge in [-0.25, -0.2) is 5.01 Å². The fraction of sp³-hybridized carbons (Fsp3) is 0.278. The highest BCUT2D eigenvalue weighted by Crippen LogP contribution is 2.47. The van der Waals surface area contributed by atoms with Gasteiger partial charge in [-0.15, -0.1) is 0 Å². The van der Waals surface area contributed by atoms with Gasteiger partial charge in [0.15, 0.2) is 5.72 Å². The van der Waals surface area contributed by atoms with Crippen LogP contribution in [-0.4, -0.2) is 16.4 Å². The maximum Gasteiger partial charge on any atom is 0.192 e. The molecule has 0 saturated heterocycles. The molecule has 1 atom stereocenters. The van der Waals surface area contributed by atoms with Crippen LogP contribution in [0.3, 0.4) is 0 Å². The maximum absolute atomic E-state index is 6.18. The van der Waals surface area contributed by atoms with Crippen molar-refractivity contribution in [1.82, 2.24) is 5.01 Å². The van der Waals surface area contributed by atoms with Gasteiger partial charge in [0.05, 0.1) is 11.8 Å². The SMILES string of the molecule is CC1(C)Oc2ccc(Cl)cc2[C@@H]2CC(c3ccccc3)=NN21. The van der Waals surface area contributed by atoms with E-state index in [0.717, 1.165) is 34.0 Å². The van der Waals surface area contributed by atoms with E-state index in [1.54, 1.807) is 0 Å². The lowest BCUT2D eigenvalue weighted by Crippen LogP contribution is -2.48. The van der Waals surface area contributed by atoms with Crippen LogP contribution in [0, 0.1) is 0 Å². The van der Waals surface area contributed by atoms with E-state index in [-0.39, 0.29) is 6.04 Å². The van der Waals surface area contributed by atoms with Crippen molar-refractivity contribution in [3.63, 3.8) is 0 Å². The standard InChI is InChI=1S/C18H17ClN2O/c1-18(2)21-16(14-10-13(19)8-9-17(14)22-18)11-15(20-21)12-6-4-3-5-7-12/h3-10,16H,11H2,1-2H3/t16-/m0/s1. The van der Waals surface area contributed by atoms with Crippen LogP contribution in [0.2, 0.25) is 5.02 Å². The lowest BCUT2D eigenvalue weighted by molar-refractivity contribution is -0.0911. The second-order valence-corrected chi connectivity index (χ2v) is 6.64. The molecule has 112 valence electrons. The van der Waals surface area contributed by atoms with Gasteiger partial charge < -0.3 is 4.74 Å². The van der Waals surface area contributed by atoms with Crippen LogP contribution < -0.4 is 4.74 Å². The Kier molecular flexibility index (Phi) is 2.95. The Morgan fingerprint density at radius 3 is 2.73 bits per heavy atom. The first-order chi connectivity index (χ1) is 10.5. The molecule has 3 nitrogen and oxygen atoms in total. The number of benzene rings is 2. The summed E-state index contributed by atoms with van der Waals surface area (Å²) in [7, 11) is 0. The average Bonchev–Trinajstić information content (AvgIpc) is 2.96. The highest BCUT2D eigenvalue weighted by Gasteiger charge is 2.44. The summed E-state index contributed by atoms with van der Waals surface area (Å²) >= 11 is 6.18. The molecule has 0 unspecified atom stereocenters. The fourth-order valence-corrected chi connectivity index (χ4v) is 3.42. The Hall–Kier alpha value is -2.00. The molecule has 2 aromatic rings. The molecule has 0 aromatic heterocycles. The highest BCUT2D eigenvalue weighted by atomic mass is 35.5. The number of rotatable bonds is 1. The third-order valence-corrected chi connectivity index (χ3v) is 4.49. The lowest BCUT2D eigenvalue weighted by atomic mass is 9.95. The Labute approximate surface area is 135 Å². The van der Waals surface area contributed by atoms with Crippen molar-refractivity contribution in [2.45, 2.75) is 32.0 Å². The largest absolute Gasteiger partial charge is 0.467 e. The van der Waals surface area contributed by atoms with Crippen molar-refractivity contribution in [3.05, 3.63) is 64.7 Å². The van der Waals surface area contributed by atoms with E-state index < -0.39 is 5.72 Å². The van der Waals surface area contributed by atoms with Gasteiger partial charge in [0.2, 0.25) is 0 Å². The Bertz CT molecular complexity index is 755. The number of hydrogen-bond acceptors (Lipinski definition) is 3. The topological polar surface area (TPSA) is 24.8 Å². The molecule has 0 spiro atoms. The first-order valence-corrected chi connectivity index (χ1v) is 7.83. The number of nitrogens with zero attached hydrogens (tertiary/aromatic N) is 2. The second-order valence-electron chi connectivity index (χ2n) is 6.21. The number of hydrogen-bond donors (Lipinski definition) is 0. The van der Waals surface area contributed by atoms with E-state index >= 15 is 0 Å². The molecular weight excluding hydrogens is 296 g/mol. The predicted octanol–water partition coefficient (Wildman–Crippen LogP) is 4.62. The summed E-state index contributed by atoms with van der Waals surface area (Å²) in [4.78, 5) is 0. The van der Waals surface area contributed by atoms with Crippen molar-refractivity contribution in [2.75, 3.05) is 0 Å². The summed E-state index contributed by atoms with van der Waals surface area (Å²) in [6, 6.07) is 16.3. The summed E-state index contributed by atoms with van der Waals surface area (Å²) in [6.45, 7) is 4.10. The first kappa shape index (κ1) is 13.6. The van der Waals surface area contributed by atoms with Gasteiger partial charge in [-0.05, 0) is 37.6 Å². The van der Waals surface area contributed by atoms with Crippen molar-refractivity contribution < 1.29 is 4.74 Å². The summed E-state index contributed by atoms with van der Waals surface area (Å²) in [6.07, 6.45) is 0.865. The zero-order chi connectivity index (χ0) is 15.3. The molecule has 2 aliphatic heterocycles. The average molecular weight is 313 g/mol. The van der Waals surface area contributed by atoms with Crippen LogP contribution in [0.1, 0.15) is 37.4 Å². The third kappa shape index (κ3) is 2.08. The van der Waals surface area contributed by atoms with Crippen molar-refractivity contribution in [2.24, 2.45) is 5.10 Å². The lowest BCUT2D eigenvalue weighted by Gasteiger charge is -2.43. The predicted molar refractivity (Wildman–Crippen MR) is 88.3 cm³/mol. The fourth-order valence-electron chi connectivity index (χ4n) is 3.24. The second kappa shape index (κ2) is 4.75. The molecular formula is C18H17ClN2O. The molecule has 0 fully saturated rings. The molecule has 4 rings (SSSR count). The van der Waals surface area contributed by atoms with Crippen molar-refractivity contribution in [1.29, 1.82) is 0 Å². The van der Waals surface area contributed by atoms with Gasteiger partial charge >= 0.3 is 0 Å². The van der Waals surface area contributed by atoms with Crippen LogP contribution in [0.25, 0.3) is 0 Å². The van der Waals surface area contributed by atoms with E-state index in [2.05, 4.69) is 31.0 Å². The summed E-state index contributed by atoms with van der Waals surface area (Å²) in [5.41, 5.74) is 2.90. The van der Waals surface area contributed by atoms with Gasteiger partial charge in [0.1, 0.15) is 5.75 Å². The van der Waals surface area contributed by atoms with E-state index in [4.69, 9.17) is 21.4 Å². The molecule has 22 heavy (non-hydrogen) atoms. The van der Waals surface area contributed by atoms with Crippen LogP contribution >= 0.6 is 11.6 Å². The summed E-state index contributed by atoms with van der Waals surface area (Å²) < 4.78 is 6.13. The van der Waals surface area contributed by atoms with E-state index in [9.17, 15) is 0 Å². The first-order valence-electron chi connectivity index (χ1n) is 7.45. The molecule has 4 heteroatoms. The van der Waals surface area contributed by atoms with Crippen LogP contribution in [0.15, 0.2) is 53.6 Å². The normalized spacial score (nSPS) is 21.7. The molecule has 0 saturated carbocycles. The number of halogens is 1. The minimum atomic E-state index is -0.470. The summed E-state index contributed by atoms with van der Waals surface area (Å²) in [5.74, 6) is 0.903. The van der Waals surface area contributed by atoms with Crippen LogP contribution in [0.4, 0.5) is 0 Å². The Morgan fingerprint density at radius 2 is 1.95 bits per heavy atom. The van der Waals surface area contributed by atoms with E-state index in [1.807, 2.05) is 36.4 Å². The van der Waals surface area contributed by atoms with Gasteiger partial charge in [-0.1, -0.05) is 41.9 Å². The molecule has 0 bridgehead atoms. The molecule has 0 radical (unpaired) electrons. The van der Waals surface area contributed by atoms with Crippen molar-refractivity contribution >= 4 is 17.3 Å². The van der Waals surface area contributed by atoms with Crippen LogP contribution in [-0.2, 0) is 0 Å². The zero-order valence-corrected chi connectivity index (χ0v) is 13.3. The van der Waals surface area contributed by atoms with Gasteiger partial charge in [-0.3, -0.25) is 0 Å². The Morgan fingerprint density at radius 1 is 1.18 bits per heavy atom. The van der Waals surface area contributed by atoms with Crippen LogP contribution in [0.5, 0.6) is 5.75 Å². The smallest absolute Gasteiger partial charge is 0.192 e. The molecule has 0 N–H and O–H groups in total.